The van der Waals surface area contributed by atoms with Gasteiger partial charge in [-0.05, 0) is 44.0 Å². The molecule has 2 aromatic rings. The maximum absolute atomic E-state index is 14.5. The summed E-state index contributed by atoms with van der Waals surface area (Å²) in [7, 11) is 1.24. The molecule has 0 aromatic heterocycles. The van der Waals surface area contributed by atoms with Crippen molar-refractivity contribution >= 4 is 22.8 Å². The number of amides is 2. The number of hydrogen-bond acceptors (Lipinski definition) is 5. The third kappa shape index (κ3) is 3.76. The Kier molecular flexibility index (Phi) is 6.02. The number of carbonyl (C=O) groups is 1. The molecule has 6 nitrogen and oxygen atoms in total. The molecule has 0 radical (unpaired) electrons. The molecule has 3 N–H and O–H groups in total. The molecule has 1 unspecified atom stereocenters. The molecule has 1 aliphatic rings. The van der Waals surface area contributed by atoms with Crippen molar-refractivity contribution in [2.45, 2.75) is 24.6 Å². The van der Waals surface area contributed by atoms with Gasteiger partial charge in [-0.3, -0.25) is 5.21 Å². The number of carbonyl (C=O) groups excluding carboxylic acids is 1. The summed E-state index contributed by atoms with van der Waals surface area (Å²) in [6.07, 6.45) is 1.12. The van der Waals surface area contributed by atoms with Gasteiger partial charge in [-0.2, -0.15) is 10.1 Å². The zero-order chi connectivity index (χ0) is 20.3. The molecule has 3 rings (SSSR count). The van der Waals surface area contributed by atoms with Crippen molar-refractivity contribution in [2.75, 3.05) is 13.6 Å². The number of aryl methyl sites for hydroxylation is 1. The largest absolute Gasteiger partial charge is 0.365 e. The number of nitrogens with two attached hydrogens (primary N) is 1. The van der Waals surface area contributed by atoms with Crippen molar-refractivity contribution in [3.63, 3.8) is 0 Å². The fourth-order valence-corrected chi connectivity index (χ4v) is 4.58. The van der Waals surface area contributed by atoms with Crippen molar-refractivity contribution < 1.29 is 14.4 Å². The maximum Gasteiger partial charge on any atom is 0.365 e. The first kappa shape index (κ1) is 20.3. The number of hydrogen-bond donors (Lipinski definition) is 2. The molecule has 148 valence electrons. The van der Waals surface area contributed by atoms with Crippen molar-refractivity contribution in [1.82, 2.24) is 10.1 Å². The monoisotopic (exact) mass is 402 g/mol. The van der Waals surface area contributed by atoms with Crippen LogP contribution >= 0.6 is 11.8 Å². The molecule has 1 atom stereocenters. The van der Waals surface area contributed by atoms with Crippen LogP contribution in [0.1, 0.15) is 29.5 Å². The van der Waals surface area contributed by atoms with Crippen LogP contribution < -0.4 is 5.73 Å². The van der Waals surface area contributed by atoms with Gasteiger partial charge >= 0.3 is 6.03 Å². The standard InChI is InChI=1S/C20H23FN4O2S/c1-14-9-10-17(21)16(13-14)18-23-25(19(26)24(2)27)20(28-18,11-6-12-22)15-7-4-3-5-8-15/h3-5,7-10,13,27H,6,11-12,22H2,1-2H3. The van der Waals surface area contributed by atoms with E-state index >= 15 is 0 Å². The Morgan fingerprint density at radius 1 is 1.32 bits per heavy atom. The summed E-state index contributed by atoms with van der Waals surface area (Å²) in [5.74, 6) is -0.413. The Labute approximate surface area is 167 Å². The van der Waals surface area contributed by atoms with E-state index in [9.17, 15) is 14.4 Å². The van der Waals surface area contributed by atoms with E-state index in [-0.39, 0.29) is 0 Å². The lowest BCUT2D eigenvalue weighted by atomic mass is 10.0. The van der Waals surface area contributed by atoms with Crippen molar-refractivity contribution in [3.8, 4) is 0 Å². The van der Waals surface area contributed by atoms with Crippen LogP contribution in [0.2, 0.25) is 0 Å². The Balaban J connectivity index is 2.15. The fourth-order valence-electron chi connectivity index (χ4n) is 3.16. The van der Waals surface area contributed by atoms with Crippen molar-refractivity contribution in [1.29, 1.82) is 0 Å². The average Bonchev–Trinajstić information content (AvgIpc) is 3.08. The summed E-state index contributed by atoms with van der Waals surface area (Å²) >= 11 is 1.30. The van der Waals surface area contributed by atoms with Gasteiger partial charge in [0, 0.05) is 12.6 Å². The second kappa shape index (κ2) is 8.30. The normalized spacial score (nSPS) is 18.9. The summed E-state index contributed by atoms with van der Waals surface area (Å²) in [5.41, 5.74) is 7.79. The van der Waals surface area contributed by atoms with Crippen molar-refractivity contribution in [3.05, 3.63) is 71.0 Å². The van der Waals surface area contributed by atoms with Gasteiger partial charge in [0.2, 0.25) is 0 Å². The number of hydroxylamine groups is 2. The molecule has 0 bridgehead atoms. The molecule has 0 aliphatic carbocycles. The molecule has 8 heteroatoms. The Bertz CT molecular complexity index is 891. The highest BCUT2D eigenvalue weighted by Gasteiger charge is 2.49. The highest BCUT2D eigenvalue weighted by atomic mass is 32.2. The molecule has 0 saturated heterocycles. The molecule has 0 saturated carbocycles. The van der Waals surface area contributed by atoms with E-state index in [1.807, 2.05) is 37.3 Å². The quantitative estimate of drug-likeness (QED) is 0.587. The van der Waals surface area contributed by atoms with Gasteiger partial charge in [-0.15, -0.1) is 0 Å². The summed E-state index contributed by atoms with van der Waals surface area (Å²) in [6, 6.07) is 13.5. The van der Waals surface area contributed by atoms with Crippen molar-refractivity contribution in [2.24, 2.45) is 10.8 Å². The number of nitrogens with zero attached hydrogens (tertiary/aromatic N) is 3. The first-order chi connectivity index (χ1) is 13.4. The second-order valence-corrected chi connectivity index (χ2v) is 7.92. The van der Waals surface area contributed by atoms with Crippen LogP contribution in [0.3, 0.4) is 0 Å². The molecule has 0 spiro atoms. The smallest absolute Gasteiger partial charge is 0.330 e. The minimum atomic E-state index is -0.930. The zero-order valence-corrected chi connectivity index (χ0v) is 16.6. The Morgan fingerprint density at radius 3 is 2.68 bits per heavy atom. The Hall–Kier alpha value is -2.42. The van der Waals surface area contributed by atoms with Gasteiger partial charge in [0.15, 0.2) is 0 Å². The number of halogens is 1. The van der Waals surface area contributed by atoms with Gasteiger partial charge in [0.05, 0.1) is 0 Å². The topological polar surface area (TPSA) is 82.2 Å². The van der Waals surface area contributed by atoms with E-state index in [0.717, 1.165) is 11.1 Å². The van der Waals surface area contributed by atoms with E-state index in [2.05, 4.69) is 5.10 Å². The summed E-state index contributed by atoms with van der Waals surface area (Å²) in [4.78, 5) is 11.9. The number of hydrazone groups is 1. The van der Waals surface area contributed by atoms with E-state index in [4.69, 9.17) is 5.73 Å². The van der Waals surface area contributed by atoms with Crippen LogP contribution in [0, 0.1) is 12.7 Å². The van der Waals surface area contributed by atoms with Crippen LogP contribution in [-0.4, -0.2) is 39.9 Å². The summed E-state index contributed by atoms with van der Waals surface area (Å²) < 4.78 is 14.5. The molecule has 1 aliphatic heterocycles. The van der Waals surface area contributed by atoms with Gasteiger partial charge < -0.3 is 5.73 Å². The van der Waals surface area contributed by atoms with Gasteiger partial charge in [0.1, 0.15) is 15.7 Å². The minimum absolute atomic E-state index is 0.328. The number of rotatable bonds is 5. The molecule has 2 amide bonds. The van der Waals surface area contributed by atoms with E-state index in [1.54, 1.807) is 12.1 Å². The SMILES string of the molecule is Cc1ccc(F)c(C2=NN(C(=O)N(C)O)C(CCCN)(c3ccccc3)S2)c1. The lowest BCUT2D eigenvalue weighted by Gasteiger charge is -2.36. The predicted octanol–water partition coefficient (Wildman–Crippen LogP) is 3.88. The van der Waals surface area contributed by atoms with Crippen LogP contribution in [0.5, 0.6) is 0 Å². The average molecular weight is 402 g/mol. The maximum atomic E-state index is 14.5. The molecule has 2 aromatic carbocycles. The Morgan fingerprint density at radius 2 is 2.04 bits per heavy atom. The lowest BCUT2D eigenvalue weighted by Crippen LogP contribution is -2.46. The van der Waals surface area contributed by atoms with E-state index in [0.29, 0.717) is 35.1 Å². The molecular formula is C20H23FN4O2S. The zero-order valence-electron chi connectivity index (χ0n) is 15.8. The number of urea groups is 1. The van der Waals surface area contributed by atoms with Crippen LogP contribution in [0.15, 0.2) is 53.6 Å². The molecule has 0 fully saturated rings. The summed E-state index contributed by atoms with van der Waals surface area (Å²) in [5, 5.41) is 16.4. The minimum Gasteiger partial charge on any atom is -0.330 e. The first-order valence-corrected chi connectivity index (χ1v) is 9.77. The fraction of sp³-hybridized carbons (Fsp3) is 0.300. The first-order valence-electron chi connectivity index (χ1n) is 8.95. The highest BCUT2D eigenvalue weighted by molar-refractivity contribution is 8.15. The highest BCUT2D eigenvalue weighted by Crippen LogP contribution is 2.50. The van der Waals surface area contributed by atoms with E-state index in [1.165, 1.54) is 29.9 Å². The van der Waals surface area contributed by atoms with E-state index < -0.39 is 16.7 Å². The third-order valence-electron chi connectivity index (χ3n) is 4.55. The van der Waals surface area contributed by atoms with Crippen LogP contribution in [-0.2, 0) is 4.87 Å². The van der Waals surface area contributed by atoms with Gasteiger partial charge in [-0.25, -0.2) is 14.2 Å². The number of benzene rings is 2. The summed E-state index contributed by atoms with van der Waals surface area (Å²) in [6.45, 7) is 2.30. The third-order valence-corrected chi connectivity index (χ3v) is 6.00. The van der Waals surface area contributed by atoms with Crippen LogP contribution in [0.25, 0.3) is 0 Å². The van der Waals surface area contributed by atoms with Gasteiger partial charge in [-0.1, -0.05) is 53.7 Å². The second-order valence-electron chi connectivity index (χ2n) is 6.65. The molecular weight excluding hydrogens is 379 g/mol. The number of thioether (sulfide) groups is 1. The lowest BCUT2D eigenvalue weighted by molar-refractivity contribution is -0.0403. The van der Waals surface area contributed by atoms with Crippen LogP contribution in [0.4, 0.5) is 9.18 Å². The van der Waals surface area contributed by atoms with Gasteiger partial charge in [0.25, 0.3) is 0 Å². The predicted molar refractivity (Wildman–Crippen MR) is 108 cm³/mol. The molecule has 28 heavy (non-hydrogen) atoms. The molecule has 1 heterocycles.